The molecule has 0 radical (unpaired) electrons. The predicted octanol–water partition coefficient (Wildman–Crippen LogP) is 3.48. The molecule has 1 aromatic carbocycles. The average Bonchev–Trinajstić information content (AvgIpc) is 2.77. The van der Waals surface area contributed by atoms with Crippen molar-refractivity contribution in [1.82, 2.24) is 5.16 Å². The van der Waals surface area contributed by atoms with Gasteiger partial charge in [-0.3, -0.25) is 0 Å². The Morgan fingerprint density at radius 2 is 2.15 bits per heavy atom. The molecule has 20 heavy (non-hydrogen) atoms. The zero-order valence-electron chi connectivity index (χ0n) is 10.1. The molecule has 2 unspecified atom stereocenters. The molecule has 0 saturated heterocycles. The van der Waals surface area contributed by atoms with E-state index in [4.69, 9.17) is 27.7 Å². The molecule has 2 aliphatic rings. The summed E-state index contributed by atoms with van der Waals surface area (Å²) in [4.78, 5) is 11.3. The van der Waals surface area contributed by atoms with E-state index in [0.717, 1.165) is 11.1 Å². The van der Waals surface area contributed by atoms with Crippen molar-refractivity contribution in [2.75, 3.05) is 0 Å². The molecular weight excluding hydrogens is 301 g/mol. The second-order valence-corrected chi connectivity index (χ2v) is 6.64. The van der Waals surface area contributed by atoms with Crippen LogP contribution in [0, 0.1) is 5.92 Å². The number of aromatic nitrogens is 1. The number of halogens is 2. The monoisotopic (exact) mass is 309 g/mol. The van der Waals surface area contributed by atoms with Crippen LogP contribution >= 0.6 is 23.2 Å². The lowest BCUT2D eigenvalue weighted by molar-refractivity contribution is 0.0684. The topological polar surface area (TPSA) is 63.3 Å². The van der Waals surface area contributed by atoms with Crippen molar-refractivity contribution in [2.24, 2.45) is 5.92 Å². The van der Waals surface area contributed by atoms with Crippen molar-refractivity contribution < 1.29 is 14.4 Å². The summed E-state index contributed by atoms with van der Waals surface area (Å²) < 4.78 is 4.43. The maximum Gasteiger partial charge on any atom is 0.358 e. The highest BCUT2D eigenvalue weighted by Gasteiger charge is 2.65. The maximum atomic E-state index is 11.3. The Morgan fingerprint density at radius 3 is 2.90 bits per heavy atom. The van der Waals surface area contributed by atoms with E-state index in [1.54, 1.807) is 0 Å². The van der Waals surface area contributed by atoms with E-state index < -0.39 is 10.3 Å². The maximum absolute atomic E-state index is 11.3. The number of alkyl halides is 2. The summed E-state index contributed by atoms with van der Waals surface area (Å²) in [5, 5.41) is 12.9. The summed E-state index contributed by atoms with van der Waals surface area (Å²) in [5.74, 6) is -0.576. The van der Waals surface area contributed by atoms with Crippen LogP contribution in [0.15, 0.2) is 28.8 Å². The first-order valence-electron chi connectivity index (χ1n) is 6.20. The van der Waals surface area contributed by atoms with E-state index >= 15 is 0 Å². The van der Waals surface area contributed by atoms with Crippen LogP contribution in [-0.4, -0.2) is 20.6 Å². The van der Waals surface area contributed by atoms with Crippen LogP contribution < -0.4 is 0 Å². The molecule has 1 saturated carbocycles. The number of benzene rings is 1. The summed E-state index contributed by atoms with van der Waals surface area (Å²) >= 11 is 12.7. The highest BCUT2D eigenvalue weighted by Crippen LogP contribution is 2.68. The first-order valence-corrected chi connectivity index (χ1v) is 6.96. The van der Waals surface area contributed by atoms with E-state index in [1.165, 1.54) is 0 Å². The lowest BCUT2D eigenvalue weighted by atomic mass is 10.00. The fourth-order valence-electron chi connectivity index (χ4n) is 3.14. The van der Waals surface area contributed by atoms with Crippen molar-refractivity contribution in [1.29, 1.82) is 0 Å². The van der Waals surface area contributed by atoms with Crippen LogP contribution in [-0.2, 0) is 6.42 Å². The third-order valence-electron chi connectivity index (χ3n) is 4.16. The van der Waals surface area contributed by atoms with Gasteiger partial charge in [-0.05, 0) is 12.0 Å². The van der Waals surface area contributed by atoms with Gasteiger partial charge in [0.2, 0.25) is 0 Å². The number of hydrogen-bond acceptors (Lipinski definition) is 3. The van der Waals surface area contributed by atoms with E-state index in [2.05, 4.69) is 5.16 Å². The summed E-state index contributed by atoms with van der Waals surface area (Å²) in [6, 6.07) is 7.63. The standard InChI is InChI=1S/C14H9Cl2NO3/c15-14(16)9-5-8-11(13(18)19)17-20-12(8)7-4-2-1-3-6(7)10(9)14/h1-4,9-10H,5H2,(H,18,19). The van der Waals surface area contributed by atoms with Crippen molar-refractivity contribution >= 4 is 29.2 Å². The van der Waals surface area contributed by atoms with Crippen molar-refractivity contribution in [3.63, 3.8) is 0 Å². The predicted molar refractivity (Wildman–Crippen MR) is 73.3 cm³/mol. The van der Waals surface area contributed by atoms with Crippen LogP contribution in [0.3, 0.4) is 0 Å². The molecule has 1 fully saturated rings. The van der Waals surface area contributed by atoms with Gasteiger partial charge in [-0.15, -0.1) is 23.2 Å². The second kappa shape index (κ2) is 3.77. The lowest BCUT2D eigenvalue weighted by Crippen LogP contribution is -2.04. The van der Waals surface area contributed by atoms with Crippen LogP contribution in [0.2, 0.25) is 0 Å². The smallest absolute Gasteiger partial charge is 0.358 e. The molecule has 1 N–H and O–H groups in total. The number of aromatic carboxylic acids is 1. The number of rotatable bonds is 1. The molecule has 6 heteroatoms. The minimum atomic E-state index is -1.10. The van der Waals surface area contributed by atoms with Gasteiger partial charge in [-0.25, -0.2) is 4.79 Å². The number of carboxylic acids is 1. The van der Waals surface area contributed by atoms with Gasteiger partial charge in [0.05, 0.1) is 0 Å². The Labute approximate surface area is 124 Å². The molecule has 102 valence electrons. The third-order valence-corrected chi connectivity index (χ3v) is 5.19. The molecule has 0 bridgehead atoms. The fraction of sp³-hybridized carbons (Fsp3) is 0.286. The Kier molecular flexibility index (Phi) is 2.31. The molecule has 2 aromatic rings. The van der Waals surface area contributed by atoms with Crippen LogP contribution in [0.25, 0.3) is 11.3 Å². The SMILES string of the molecule is O=C(O)c1noc2c1CC1C(c3ccccc3-2)C1(Cl)Cl. The number of fused-ring (bicyclic) bond motifs is 5. The van der Waals surface area contributed by atoms with Gasteiger partial charge in [-0.1, -0.05) is 29.4 Å². The number of carboxylic acid groups (broad SMARTS) is 1. The molecule has 2 aliphatic carbocycles. The number of carbonyl (C=O) groups is 1. The van der Waals surface area contributed by atoms with Crippen molar-refractivity contribution in [3.05, 3.63) is 41.1 Å². The minimum absolute atomic E-state index is 0.00581. The lowest BCUT2D eigenvalue weighted by Gasteiger charge is -2.07. The van der Waals surface area contributed by atoms with Crippen LogP contribution in [0.5, 0.6) is 0 Å². The van der Waals surface area contributed by atoms with Gasteiger partial charge in [-0.2, -0.15) is 0 Å². The molecule has 2 atom stereocenters. The molecule has 0 aliphatic heterocycles. The van der Waals surface area contributed by atoms with E-state index in [9.17, 15) is 9.90 Å². The number of hydrogen-bond donors (Lipinski definition) is 1. The summed E-state index contributed by atoms with van der Waals surface area (Å²) in [6.07, 6.45) is 0.465. The summed E-state index contributed by atoms with van der Waals surface area (Å²) in [6.45, 7) is 0. The average molecular weight is 310 g/mol. The fourth-order valence-corrected chi connectivity index (χ4v) is 3.96. The molecule has 1 heterocycles. The van der Waals surface area contributed by atoms with E-state index in [1.807, 2.05) is 24.3 Å². The zero-order valence-corrected chi connectivity index (χ0v) is 11.6. The normalized spacial score (nSPS) is 25.1. The van der Waals surface area contributed by atoms with Crippen LogP contribution in [0.1, 0.15) is 27.5 Å². The second-order valence-electron chi connectivity index (χ2n) is 5.19. The third kappa shape index (κ3) is 1.43. The van der Waals surface area contributed by atoms with E-state index in [0.29, 0.717) is 17.7 Å². The first-order chi connectivity index (χ1) is 9.51. The Hall–Kier alpha value is -1.52. The van der Waals surface area contributed by atoms with Crippen LogP contribution in [0.4, 0.5) is 0 Å². The Bertz CT molecular complexity index is 738. The highest BCUT2D eigenvalue weighted by atomic mass is 35.5. The number of nitrogens with zero attached hydrogens (tertiary/aromatic N) is 1. The van der Waals surface area contributed by atoms with Gasteiger partial charge in [0.1, 0.15) is 4.33 Å². The zero-order chi connectivity index (χ0) is 14.1. The van der Waals surface area contributed by atoms with Crippen molar-refractivity contribution in [2.45, 2.75) is 16.7 Å². The molecule has 4 nitrogen and oxygen atoms in total. The molecule has 0 amide bonds. The van der Waals surface area contributed by atoms with Gasteiger partial charge >= 0.3 is 5.97 Å². The van der Waals surface area contributed by atoms with Gasteiger partial charge < -0.3 is 9.63 Å². The van der Waals surface area contributed by atoms with Crippen molar-refractivity contribution in [3.8, 4) is 11.3 Å². The minimum Gasteiger partial charge on any atom is -0.476 e. The Morgan fingerprint density at radius 1 is 1.40 bits per heavy atom. The van der Waals surface area contributed by atoms with Gasteiger partial charge in [0.15, 0.2) is 11.5 Å². The largest absolute Gasteiger partial charge is 0.476 e. The summed E-state index contributed by atoms with van der Waals surface area (Å²) in [5.41, 5.74) is 2.36. The molecular formula is C14H9Cl2NO3. The molecule has 0 spiro atoms. The van der Waals surface area contributed by atoms with Gasteiger partial charge in [0, 0.05) is 23.0 Å². The summed E-state index contributed by atoms with van der Waals surface area (Å²) in [7, 11) is 0. The van der Waals surface area contributed by atoms with E-state index in [-0.39, 0.29) is 17.5 Å². The molecule has 4 rings (SSSR count). The quantitative estimate of drug-likeness (QED) is 0.819. The van der Waals surface area contributed by atoms with Gasteiger partial charge in [0.25, 0.3) is 0 Å². The Balaban J connectivity index is 1.99. The first kappa shape index (κ1) is 12.2. The molecule has 1 aromatic heterocycles. The highest BCUT2D eigenvalue weighted by molar-refractivity contribution is 6.52.